The summed E-state index contributed by atoms with van der Waals surface area (Å²) in [7, 11) is 1.98. The lowest BCUT2D eigenvalue weighted by atomic mass is 10.1. The second kappa shape index (κ2) is 5.06. The molecule has 1 fully saturated rings. The third-order valence-corrected chi connectivity index (χ3v) is 3.46. The van der Waals surface area contributed by atoms with Crippen LogP contribution in [0.4, 0.5) is 0 Å². The number of nitrogens with one attached hydrogen (secondary N) is 1. The van der Waals surface area contributed by atoms with Crippen molar-refractivity contribution in [1.82, 2.24) is 5.32 Å². The zero-order chi connectivity index (χ0) is 12.4. The third kappa shape index (κ3) is 2.53. The average Bonchev–Trinajstić information content (AvgIpc) is 3.12. The molecule has 1 heterocycles. The molecular formula is C14H19NO3. The highest BCUT2D eigenvalue weighted by Crippen LogP contribution is 2.39. The first-order valence-corrected chi connectivity index (χ1v) is 6.58. The molecule has 0 spiro atoms. The molecule has 0 amide bonds. The largest absolute Gasteiger partial charge is 0.490 e. The van der Waals surface area contributed by atoms with E-state index >= 15 is 0 Å². The molecule has 18 heavy (non-hydrogen) atoms. The summed E-state index contributed by atoms with van der Waals surface area (Å²) in [6.45, 7) is 1.30. The normalized spacial score (nSPS) is 18.7. The van der Waals surface area contributed by atoms with Crippen LogP contribution in [-0.4, -0.2) is 26.5 Å². The summed E-state index contributed by atoms with van der Waals surface area (Å²) in [4.78, 5) is 0. The van der Waals surface area contributed by atoms with Crippen LogP contribution in [0.2, 0.25) is 0 Å². The van der Waals surface area contributed by atoms with E-state index in [0.29, 0.717) is 12.9 Å². The first-order chi connectivity index (χ1) is 8.86. The third-order valence-electron chi connectivity index (χ3n) is 3.46. The van der Waals surface area contributed by atoms with Crippen molar-refractivity contribution in [2.75, 3.05) is 20.4 Å². The van der Waals surface area contributed by atoms with Gasteiger partial charge in [0.05, 0.1) is 0 Å². The molecule has 1 aliphatic carbocycles. The van der Waals surface area contributed by atoms with Crippen LogP contribution in [0.3, 0.4) is 0 Å². The van der Waals surface area contributed by atoms with Gasteiger partial charge < -0.3 is 19.5 Å². The van der Waals surface area contributed by atoms with Crippen molar-refractivity contribution in [2.24, 2.45) is 5.92 Å². The van der Waals surface area contributed by atoms with Gasteiger partial charge in [-0.1, -0.05) is 0 Å². The molecule has 1 atom stereocenters. The van der Waals surface area contributed by atoms with E-state index in [1.165, 1.54) is 12.8 Å². The molecule has 0 saturated heterocycles. The van der Waals surface area contributed by atoms with Crippen LogP contribution >= 0.6 is 0 Å². The summed E-state index contributed by atoms with van der Waals surface area (Å²) in [6, 6.07) is 5.80. The molecule has 1 aliphatic heterocycles. The van der Waals surface area contributed by atoms with E-state index in [2.05, 4.69) is 5.32 Å². The van der Waals surface area contributed by atoms with E-state index in [1.54, 1.807) is 0 Å². The van der Waals surface area contributed by atoms with Gasteiger partial charge in [0, 0.05) is 6.07 Å². The van der Waals surface area contributed by atoms with Crippen molar-refractivity contribution >= 4 is 0 Å². The SMILES string of the molecule is CNCCC(Oc1ccc2c(c1)OCO2)C1CC1. The van der Waals surface area contributed by atoms with Crippen LogP contribution in [0.15, 0.2) is 18.2 Å². The first-order valence-electron chi connectivity index (χ1n) is 6.58. The van der Waals surface area contributed by atoms with Crippen molar-refractivity contribution in [2.45, 2.75) is 25.4 Å². The van der Waals surface area contributed by atoms with E-state index in [4.69, 9.17) is 14.2 Å². The molecule has 2 aliphatic rings. The molecule has 4 nitrogen and oxygen atoms in total. The molecule has 0 bridgehead atoms. The van der Waals surface area contributed by atoms with Gasteiger partial charge in [0.1, 0.15) is 11.9 Å². The number of ether oxygens (including phenoxy) is 3. The molecule has 1 N–H and O–H groups in total. The lowest BCUT2D eigenvalue weighted by Gasteiger charge is -2.18. The van der Waals surface area contributed by atoms with Gasteiger partial charge in [-0.2, -0.15) is 0 Å². The standard InChI is InChI=1S/C14H19NO3/c1-15-7-6-12(10-2-3-10)18-11-4-5-13-14(8-11)17-9-16-13/h4-5,8,10,12,15H,2-3,6-7,9H2,1H3. The van der Waals surface area contributed by atoms with E-state index in [9.17, 15) is 0 Å². The van der Waals surface area contributed by atoms with E-state index in [1.807, 2.05) is 25.2 Å². The lowest BCUT2D eigenvalue weighted by Crippen LogP contribution is -2.24. The second-order valence-electron chi connectivity index (χ2n) is 4.90. The lowest BCUT2D eigenvalue weighted by molar-refractivity contribution is 0.165. The fourth-order valence-corrected chi connectivity index (χ4v) is 2.27. The molecule has 1 unspecified atom stereocenters. The Morgan fingerprint density at radius 3 is 2.94 bits per heavy atom. The highest BCUT2D eigenvalue weighted by Gasteiger charge is 2.32. The van der Waals surface area contributed by atoms with Crippen LogP contribution < -0.4 is 19.5 Å². The van der Waals surface area contributed by atoms with Gasteiger partial charge in [0.25, 0.3) is 0 Å². The number of hydrogen-bond acceptors (Lipinski definition) is 4. The highest BCUT2D eigenvalue weighted by atomic mass is 16.7. The number of rotatable bonds is 6. The predicted octanol–water partition coefficient (Wildman–Crippen LogP) is 2.18. The summed E-state index contributed by atoms with van der Waals surface area (Å²) >= 11 is 0. The Morgan fingerprint density at radius 1 is 1.33 bits per heavy atom. The maximum absolute atomic E-state index is 6.09. The highest BCUT2D eigenvalue weighted by molar-refractivity contribution is 5.46. The Labute approximate surface area is 107 Å². The van der Waals surface area contributed by atoms with Crippen molar-refractivity contribution in [3.05, 3.63) is 18.2 Å². The Hall–Kier alpha value is -1.42. The minimum absolute atomic E-state index is 0.310. The molecular weight excluding hydrogens is 230 g/mol. The molecule has 1 aromatic carbocycles. The molecule has 0 radical (unpaired) electrons. The summed E-state index contributed by atoms with van der Waals surface area (Å²) in [6.07, 6.45) is 3.95. The van der Waals surface area contributed by atoms with Gasteiger partial charge in [-0.25, -0.2) is 0 Å². The Morgan fingerprint density at radius 2 is 2.17 bits per heavy atom. The van der Waals surface area contributed by atoms with Crippen molar-refractivity contribution in [3.8, 4) is 17.2 Å². The maximum atomic E-state index is 6.09. The number of hydrogen-bond donors (Lipinski definition) is 1. The van der Waals surface area contributed by atoms with Crippen LogP contribution in [0, 0.1) is 5.92 Å². The summed E-state index contributed by atoms with van der Waals surface area (Å²) in [5, 5.41) is 3.18. The molecule has 98 valence electrons. The average molecular weight is 249 g/mol. The van der Waals surface area contributed by atoms with Gasteiger partial charge in [-0.05, 0) is 50.9 Å². The monoisotopic (exact) mass is 249 g/mol. The van der Waals surface area contributed by atoms with Crippen LogP contribution in [-0.2, 0) is 0 Å². The van der Waals surface area contributed by atoms with Gasteiger partial charge in [0.15, 0.2) is 11.5 Å². The van der Waals surface area contributed by atoms with Crippen LogP contribution in [0.25, 0.3) is 0 Å². The quantitative estimate of drug-likeness (QED) is 0.839. The van der Waals surface area contributed by atoms with E-state index in [0.717, 1.165) is 36.1 Å². The summed E-state index contributed by atoms with van der Waals surface area (Å²) < 4.78 is 16.7. The van der Waals surface area contributed by atoms with Gasteiger partial charge in [-0.3, -0.25) is 0 Å². The van der Waals surface area contributed by atoms with Crippen molar-refractivity contribution in [1.29, 1.82) is 0 Å². The fourth-order valence-electron chi connectivity index (χ4n) is 2.27. The Kier molecular flexibility index (Phi) is 3.28. The topological polar surface area (TPSA) is 39.7 Å². The number of fused-ring (bicyclic) bond motifs is 1. The van der Waals surface area contributed by atoms with Gasteiger partial charge in [-0.15, -0.1) is 0 Å². The fraction of sp³-hybridized carbons (Fsp3) is 0.571. The minimum atomic E-state index is 0.310. The minimum Gasteiger partial charge on any atom is -0.490 e. The van der Waals surface area contributed by atoms with Crippen LogP contribution in [0.1, 0.15) is 19.3 Å². The predicted molar refractivity (Wildman–Crippen MR) is 68.2 cm³/mol. The van der Waals surface area contributed by atoms with Gasteiger partial charge in [0.2, 0.25) is 6.79 Å². The van der Waals surface area contributed by atoms with E-state index in [-0.39, 0.29) is 0 Å². The van der Waals surface area contributed by atoms with Gasteiger partial charge >= 0.3 is 0 Å². The Balaban J connectivity index is 1.66. The molecule has 3 rings (SSSR count). The number of benzene rings is 1. The molecule has 4 heteroatoms. The van der Waals surface area contributed by atoms with Crippen molar-refractivity contribution < 1.29 is 14.2 Å². The summed E-state index contributed by atoms with van der Waals surface area (Å²) in [5.41, 5.74) is 0. The van der Waals surface area contributed by atoms with Crippen molar-refractivity contribution in [3.63, 3.8) is 0 Å². The zero-order valence-corrected chi connectivity index (χ0v) is 10.6. The second-order valence-corrected chi connectivity index (χ2v) is 4.90. The summed E-state index contributed by atoms with van der Waals surface area (Å²) in [5.74, 6) is 3.20. The smallest absolute Gasteiger partial charge is 0.231 e. The first kappa shape index (κ1) is 11.7. The zero-order valence-electron chi connectivity index (χ0n) is 10.6. The van der Waals surface area contributed by atoms with Crippen LogP contribution in [0.5, 0.6) is 17.2 Å². The van der Waals surface area contributed by atoms with E-state index < -0.39 is 0 Å². The maximum Gasteiger partial charge on any atom is 0.231 e. The molecule has 1 aromatic rings. The molecule has 1 saturated carbocycles. The molecule has 0 aromatic heterocycles. The Bertz CT molecular complexity index is 418.